The Kier molecular flexibility index (Phi) is 3.01. The van der Waals surface area contributed by atoms with Gasteiger partial charge in [0.25, 0.3) is 5.91 Å². The monoisotopic (exact) mass is 250 g/mol. The van der Waals surface area contributed by atoms with Crippen molar-refractivity contribution in [2.24, 2.45) is 0 Å². The van der Waals surface area contributed by atoms with Crippen LogP contribution < -0.4 is 11.1 Å². The van der Waals surface area contributed by atoms with E-state index in [1.165, 1.54) is 6.20 Å². The van der Waals surface area contributed by atoms with E-state index in [2.05, 4.69) is 15.5 Å². The molecule has 0 saturated heterocycles. The average Bonchev–Trinajstić information content (AvgIpc) is 2.70. The lowest BCUT2D eigenvalue weighted by Gasteiger charge is -2.07. The summed E-state index contributed by atoms with van der Waals surface area (Å²) < 4.78 is 0. The zero-order valence-electron chi connectivity index (χ0n) is 9.12. The van der Waals surface area contributed by atoms with E-state index in [1.807, 2.05) is 13.0 Å². The number of hydrogen-bond acceptors (Lipinski definition) is 3. The van der Waals surface area contributed by atoms with E-state index in [0.29, 0.717) is 16.4 Å². The minimum Gasteiger partial charge on any atom is -0.396 e. The Morgan fingerprint density at radius 2 is 2.29 bits per heavy atom. The third kappa shape index (κ3) is 2.39. The molecule has 1 heterocycles. The van der Waals surface area contributed by atoms with Gasteiger partial charge in [0, 0.05) is 0 Å². The number of nitrogens with zero attached hydrogens (tertiary/aromatic N) is 1. The lowest BCUT2D eigenvalue weighted by Crippen LogP contribution is -2.14. The summed E-state index contributed by atoms with van der Waals surface area (Å²) in [5.41, 5.74) is 7.65. The highest BCUT2D eigenvalue weighted by molar-refractivity contribution is 6.34. The first-order valence-electron chi connectivity index (χ1n) is 4.94. The van der Waals surface area contributed by atoms with Crippen LogP contribution in [-0.2, 0) is 0 Å². The van der Waals surface area contributed by atoms with Crippen LogP contribution in [0.2, 0.25) is 5.02 Å². The van der Waals surface area contributed by atoms with E-state index in [4.69, 9.17) is 17.3 Å². The smallest absolute Gasteiger partial charge is 0.275 e. The van der Waals surface area contributed by atoms with Crippen molar-refractivity contribution in [2.45, 2.75) is 6.92 Å². The lowest BCUT2D eigenvalue weighted by molar-refractivity contribution is 0.102. The fraction of sp³-hybridized carbons (Fsp3) is 0.0909. The predicted molar refractivity (Wildman–Crippen MR) is 67.1 cm³/mol. The Bertz CT molecular complexity index is 564. The number of aromatic amines is 1. The van der Waals surface area contributed by atoms with Crippen LogP contribution in [0.4, 0.5) is 11.4 Å². The van der Waals surface area contributed by atoms with Gasteiger partial charge in [-0.1, -0.05) is 17.7 Å². The number of amides is 1. The summed E-state index contributed by atoms with van der Waals surface area (Å²) in [7, 11) is 0. The van der Waals surface area contributed by atoms with Crippen molar-refractivity contribution in [3.05, 3.63) is 40.7 Å². The maximum atomic E-state index is 11.8. The number of aromatic nitrogens is 2. The average molecular weight is 251 g/mol. The highest BCUT2D eigenvalue weighted by Crippen LogP contribution is 2.23. The van der Waals surface area contributed by atoms with Gasteiger partial charge in [0.2, 0.25) is 0 Å². The molecule has 0 aliphatic heterocycles. The Morgan fingerprint density at radius 3 is 2.94 bits per heavy atom. The molecule has 0 fully saturated rings. The van der Waals surface area contributed by atoms with Gasteiger partial charge in [0.1, 0.15) is 5.69 Å². The van der Waals surface area contributed by atoms with Crippen LogP contribution in [0.3, 0.4) is 0 Å². The van der Waals surface area contributed by atoms with Gasteiger partial charge in [-0.25, -0.2) is 0 Å². The Labute approximate surface area is 103 Å². The Hall–Kier alpha value is -2.01. The van der Waals surface area contributed by atoms with E-state index < -0.39 is 0 Å². The van der Waals surface area contributed by atoms with Crippen molar-refractivity contribution >= 4 is 28.9 Å². The van der Waals surface area contributed by atoms with Gasteiger partial charge >= 0.3 is 0 Å². The number of H-pyrrole nitrogens is 1. The van der Waals surface area contributed by atoms with Crippen LogP contribution in [0.5, 0.6) is 0 Å². The molecule has 0 unspecified atom stereocenters. The van der Waals surface area contributed by atoms with Gasteiger partial charge in [0.05, 0.1) is 22.6 Å². The summed E-state index contributed by atoms with van der Waals surface area (Å²) in [5.74, 6) is -0.368. The van der Waals surface area contributed by atoms with Gasteiger partial charge in [-0.15, -0.1) is 0 Å². The number of anilines is 2. The summed E-state index contributed by atoms with van der Waals surface area (Å²) in [6.07, 6.45) is 1.38. The van der Waals surface area contributed by atoms with E-state index in [-0.39, 0.29) is 11.6 Å². The molecule has 4 N–H and O–H groups in total. The number of carbonyl (C=O) groups is 1. The second-order valence-corrected chi connectivity index (χ2v) is 4.04. The zero-order valence-corrected chi connectivity index (χ0v) is 9.88. The topological polar surface area (TPSA) is 83.8 Å². The SMILES string of the molecule is Cc1ccc(Cl)c(NC(=O)c2[nH]ncc2N)c1. The second kappa shape index (κ2) is 4.47. The van der Waals surface area contributed by atoms with Gasteiger partial charge in [0.15, 0.2) is 0 Å². The first-order valence-corrected chi connectivity index (χ1v) is 5.32. The van der Waals surface area contributed by atoms with Crippen LogP contribution in [0, 0.1) is 6.92 Å². The molecule has 0 aliphatic rings. The number of rotatable bonds is 2. The fourth-order valence-electron chi connectivity index (χ4n) is 1.40. The Balaban J connectivity index is 2.24. The largest absolute Gasteiger partial charge is 0.396 e. The summed E-state index contributed by atoms with van der Waals surface area (Å²) in [5, 5.41) is 9.36. The molecule has 0 bridgehead atoms. The van der Waals surface area contributed by atoms with Crippen molar-refractivity contribution in [3.63, 3.8) is 0 Å². The van der Waals surface area contributed by atoms with Crippen molar-refractivity contribution in [3.8, 4) is 0 Å². The molecule has 17 heavy (non-hydrogen) atoms. The van der Waals surface area contributed by atoms with E-state index in [9.17, 15) is 4.79 Å². The highest BCUT2D eigenvalue weighted by Gasteiger charge is 2.13. The molecule has 5 nitrogen and oxygen atoms in total. The van der Waals surface area contributed by atoms with Crippen LogP contribution in [0.15, 0.2) is 24.4 Å². The number of halogens is 1. The maximum absolute atomic E-state index is 11.8. The summed E-state index contributed by atoms with van der Waals surface area (Å²) in [6.45, 7) is 1.91. The standard InChI is InChI=1S/C11H11ClN4O/c1-6-2-3-7(12)9(4-6)15-11(17)10-8(13)5-14-16-10/h2-5H,13H2,1H3,(H,14,16)(H,15,17). The number of benzene rings is 1. The van der Waals surface area contributed by atoms with Crippen LogP contribution in [0.1, 0.15) is 16.1 Å². The van der Waals surface area contributed by atoms with Crippen molar-refractivity contribution in [2.75, 3.05) is 11.1 Å². The minimum absolute atomic E-state index is 0.225. The molecule has 0 saturated carbocycles. The van der Waals surface area contributed by atoms with Crippen molar-refractivity contribution < 1.29 is 4.79 Å². The molecule has 0 radical (unpaired) electrons. The lowest BCUT2D eigenvalue weighted by atomic mass is 10.2. The number of nitrogen functional groups attached to an aromatic ring is 1. The molecule has 6 heteroatoms. The van der Waals surface area contributed by atoms with E-state index in [0.717, 1.165) is 5.56 Å². The fourth-order valence-corrected chi connectivity index (χ4v) is 1.56. The van der Waals surface area contributed by atoms with Crippen LogP contribution in [-0.4, -0.2) is 16.1 Å². The molecule has 0 atom stereocenters. The highest BCUT2D eigenvalue weighted by atomic mass is 35.5. The molecule has 1 amide bonds. The summed E-state index contributed by atoms with van der Waals surface area (Å²) in [6, 6.07) is 5.37. The van der Waals surface area contributed by atoms with Crippen LogP contribution in [0.25, 0.3) is 0 Å². The molecular formula is C11H11ClN4O. The van der Waals surface area contributed by atoms with Crippen molar-refractivity contribution in [1.82, 2.24) is 10.2 Å². The van der Waals surface area contributed by atoms with Crippen LogP contribution >= 0.6 is 11.6 Å². The molecule has 0 spiro atoms. The van der Waals surface area contributed by atoms with E-state index >= 15 is 0 Å². The summed E-state index contributed by atoms with van der Waals surface area (Å²) in [4.78, 5) is 11.8. The third-order valence-corrected chi connectivity index (χ3v) is 2.60. The third-order valence-electron chi connectivity index (χ3n) is 2.27. The number of hydrogen-bond donors (Lipinski definition) is 3. The normalized spacial score (nSPS) is 10.2. The van der Waals surface area contributed by atoms with Gasteiger partial charge in [-0.05, 0) is 24.6 Å². The van der Waals surface area contributed by atoms with Gasteiger partial charge < -0.3 is 11.1 Å². The van der Waals surface area contributed by atoms with Gasteiger partial charge in [-0.2, -0.15) is 5.10 Å². The molecule has 2 rings (SSSR count). The van der Waals surface area contributed by atoms with Crippen molar-refractivity contribution in [1.29, 1.82) is 0 Å². The predicted octanol–water partition coefficient (Wildman–Crippen LogP) is 2.21. The minimum atomic E-state index is -0.368. The first kappa shape index (κ1) is 11.5. The molecule has 88 valence electrons. The molecular weight excluding hydrogens is 240 g/mol. The first-order chi connectivity index (χ1) is 8.08. The quantitative estimate of drug-likeness (QED) is 0.764. The molecule has 1 aromatic heterocycles. The zero-order chi connectivity index (χ0) is 12.4. The number of aryl methyl sites for hydroxylation is 1. The second-order valence-electron chi connectivity index (χ2n) is 3.64. The maximum Gasteiger partial charge on any atom is 0.275 e. The summed E-state index contributed by atoms with van der Waals surface area (Å²) >= 11 is 5.97. The Morgan fingerprint density at radius 1 is 1.53 bits per heavy atom. The van der Waals surface area contributed by atoms with Gasteiger partial charge in [-0.3, -0.25) is 9.89 Å². The molecule has 1 aromatic carbocycles. The van der Waals surface area contributed by atoms with E-state index in [1.54, 1.807) is 12.1 Å². The number of nitrogens with two attached hydrogens (primary N) is 1. The number of nitrogens with one attached hydrogen (secondary N) is 2. The molecule has 2 aromatic rings. The molecule has 0 aliphatic carbocycles. The number of carbonyl (C=O) groups excluding carboxylic acids is 1.